The highest BCUT2D eigenvalue weighted by atomic mass is 16.6. The molecule has 1 aliphatic rings. The van der Waals surface area contributed by atoms with Gasteiger partial charge in [-0.3, -0.25) is 4.90 Å². The molecule has 1 N–H and O–H groups in total. The lowest BCUT2D eigenvalue weighted by molar-refractivity contribution is -0.144. The van der Waals surface area contributed by atoms with Crippen molar-refractivity contribution in [1.82, 2.24) is 4.90 Å². The van der Waals surface area contributed by atoms with Crippen LogP contribution in [0.25, 0.3) is 11.1 Å². The van der Waals surface area contributed by atoms with Crippen LogP contribution >= 0.6 is 0 Å². The first-order valence-corrected chi connectivity index (χ1v) is 9.30. The number of rotatable bonds is 6. The second-order valence-corrected chi connectivity index (χ2v) is 7.12. The Bertz CT molecular complexity index is 800. The lowest BCUT2D eigenvalue weighted by atomic mass is 9.98. The summed E-state index contributed by atoms with van der Waals surface area (Å²) in [5.41, 5.74) is 4.58. The van der Waals surface area contributed by atoms with E-state index >= 15 is 0 Å². The van der Waals surface area contributed by atoms with Crippen molar-refractivity contribution in [3.05, 3.63) is 59.7 Å². The van der Waals surface area contributed by atoms with Gasteiger partial charge in [-0.1, -0.05) is 62.4 Å². The summed E-state index contributed by atoms with van der Waals surface area (Å²) in [6.07, 6.45) is -0.583. The Morgan fingerprint density at radius 2 is 1.56 bits per heavy atom. The Labute approximate surface area is 159 Å². The Morgan fingerprint density at radius 1 is 1.04 bits per heavy atom. The molecule has 5 nitrogen and oxygen atoms in total. The van der Waals surface area contributed by atoms with Crippen molar-refractivity contribution < 1.29 is 19.4 Å². The molecule has 2 aromatic carbocycles. The van der Waals surface area contributed by atoms with Gasteiger partial charge in [0.15, 0.2) is 0 Å². The number of likely N-dealkylation sites (N-methyl/N-ethyl adjacent to an activating group) is 1. The van der Waals surface area contributed by atoms with Crippen LogP contribution in [0.1, 0.15) is 37.8 Å². The van der Waals surface area contributed by atoms with E-state index in [4.69, 9.17) is 4.74 Å². The lowest BCUT2D eigenvalue weighted by Gasteiger charge is -2.30. The third-order valence-corrected chi connectivity index (χ3v) is 5.13. The van der Waals surface area contributed by atoms with Crippen LogP contribution in [-0.4, -0.2) is 41.3 Å². The highest BCUT2D eigenvalue weighted by molar-refractivity contribution is 5.81. The number of aliphatic carboxylic acids is 1. The molecule has 0 heterocycles. The predicted octanol–water partition coefficient (Wildman–Crippen LogP) is 4.37. The van der Waals surface area contributed by atoms with Crippen LogP contribution in [0.5, 0.6) is 0 Å². The molecule has 0 aromatic heterocycles. The van der Waals surface area contributed by atoms with E-state index in [2.05, 4.69) is 24.3 Å². The number of carboxylic acid groups (broad SMARTS) is 1. The molecule has 0 spiro atoms. The van der Waals surface area contributed by atoms with Crippen molar-refractivity contribution in [2.45, 2.75) is 32.7 Å². The zero-order valence-corrected chi connectivity index (χ0v) is 15.9. The van der Waals surface area contributed by atoms with Crippen LogP contribution < -0.4 is 0 Å². The van der Waals surface area contributed by atoms with Crippen molar-refractivity contribution in [1.29, 1.82) is 0 Å². The average molecular weight is 367 g/mol. The summed E-state index contributed by atoms with van der Waals surface area (Å²) in [4.78, 5) is 25.5. The van der Waals surface area contributed by atoms with Gasteiger partial charge in [-0.05, 0) is 35.1 Å². The number of benzene rings is 2. The van der Waals surface area contributed by atoms with Crippen LogP contribution in [-0.2, 0) is 9.53 Å². The van der Waals surface area contributed by atoms with E-state index in [1.807, 2.05) is 24.3 Å². The molecule has 0 saturated carbocycles. The largest absolute Gasteiger partial charge is 0.480 e. The molecule has 3 rings (SSSR count). The summed E-state index contributed by atoms with van der Waals surface area (Å²) in [7, 11) is 0. The van der Waals surface area contributed by atoms with Crippen LogP contribution in [0.15, 0.2) is 48.5 Å². The molecule has 0 fully saturated rings. The second-order valence-electron chi connectivity index (χ2n) is 7.12. The SMILES string of the molecule is CCN(C(=O)OCC1c2ccccc2-c2ccccc21)[C@H](C(=O)O)C(C)C. The fourth-order valence-corrected chi connectivity index (χ4v) is 3.89. The van der Waals surface area contributed by atoms with Crippen LogP contribution in [0.2, 0.25) is 0 Å². The van der Waals surface area contributed by atoms with Gasteiger partial charge in [-0.25, -0.2) is 9.59 Å². The quantitative estimate of drug-likeness (QED) is 0.823. The van der Waals surface area contributed by atoms with Crippen LogP contribution in [0, 0.1) is 5.92 Å². The Kier molecular flexibility index (Phi) is 5.49. The maximum atomic E-state index is 12.6. The van der Waals surface area contributed by atoms with E-state index in [0.717, 1.165) is 22.3 Å². The average Bonchev–Trinajstić information content (AvgIpc) is 2.97. The number of carbonyl (C=O) groups excluding carboxylic acids is 1. The molecule has 0 aliphatic heterocycles. The highest BCUT2D eigenvalue weighted by Gasteiger charge is 2.34. The van der Waals surface area contributed by atoms with Gasteiger partial charge in [0.2, 0.25) is 0 Å². The maximum Gasteiger partial charge on any atom is 0.410 e. The molecule has 1 atom stereocenters. The molecule has 27 heavy (non-hydrogen) atoms. The van der Waals surface area contributed by atoms with Crippen LogP contribution in [0.4, 0.5) is 4.79 Å². The molecular formula is C22H25NO4. The Morgan fingerprint density at radius 3 is 2.00 bits per heavy atom. The summed E-state index contributed by atoms with van der Waals surface area (Å²) < 4.78 is 5.60. The number of hydrogen-bond donors (Lipinski definition) is 1. The third-order valence-electron chi connectivity index (χ3n) is 5.13. The standard InChI is InChI=1S/C22H25NO4/c1-4-23(20(14(2)3)21(24)25)22(26)27-13-19-17-11-7-5-9-15(17)16-10-6-8-12-18(16)19/h5-12,14,19-20H,4,13H2,1-3H3,(H,24,25)/t20-/m0/s1. The monoisotopic (exact) mass is 367 g/mol. The van der Waals surface area contributed by atoms with Gasteiger partial charge in [0.1, 0.15) is 12.6 Å². The first kappa shape index (κ1) is 19.0. The minimum atomic E-state index is -1.01. The Balaban J connectivity index is 1.80. The summed E-state index contributed by atoms with van der Waals surface area (Å²) in [6.45, 7) is 5.82. The molecule has 142 valence electrons. The number of hydrogen-bond acceptors (Lipinski definition) is 3. The molecule has 1 amide bonds. The predicted molar refractivity (Wildman–Crippen MR) is 104 cm³/mol. The molecule has 0 radical (unpaired) electrons. The van der Waals surface area contributed by atoms with Crippen molar-refractivity contribution in [3.63, 3.8) is 0 Å². The van der Waals surface area contributed by atoms with Crippen molar-refractivity contribution in [3.8, 4) is 11.1 Å². The first-order valence-electron chi connectivity index (χ1n) is 9.30. The molecule has 5 heteroatoms. The van der Waals surface area contributed by atoms with Gasteiger partial charge in [0.05, 0.1) is 0 Å². The van der Waals surface area contributed by atoms with Gasteiger partial charge in [0.25, 0.3) is 0 Å². The second kappa shape index (κ2) is 7.82. The van der Waals surface area contributed by atoms with E-state index in [1.165, 1.54) is 4.90 Å². The van der Waals surface area contributed by atoms with E-state index in [0.29, 0.717) is 0 Å². The molecule has 0 bridgehead atoms. The van der Waals surface area contributed by atoms with Gasteiger partial charge >= 0.3 is 12.1 Å². The first-order chi connectivity index (χ1) is 13.0. The summed E-state index contributed by atoms with van der Waals surface area (Å²) in [5, 5.41) is 9.48. The molecule has 0 unspecified atom stereocenters. The third kappa shape index (κ3) is 3.54. The molecular weight excluding hydrogens is 342 g/mol. The van der Waals surface area contributed by atoms with Gasteiger partial charge in [-0.15, -0.1) is 0 Å². The number of nitrogens with zero attached hydrogens (tertiary/aromatic N) is 1. The van der Waals surface area contributed by atoms with Gasteiger partial charge in [0, 0.05) is 12.5 Å². The smallest absolute Gasteiger partial charge is 0.410 e. The van der Waals surface area contributed by atoms with E-state index in [-0.39, 0.29) is 25.0 Å². The summed E-state index contributed by atoms with van der Waals surface area (Å²) in [6, 6.07) is 15.3. The van der Waals surface area contributed by atoms with Crippen molar-refractivity contribution >= 4 is 12.1 Å². The number of carbonyl (C=O) groups is 2. The fourth-order valence-electron chi connectivity index (χ4n) is 3.89. The maximum absolute atomic E-state index is 12.6. The zero-order chi connectivity index (χ0) is 19.6. The van der Waals surface area contributed by atoms with Crippen LogP contribution in [0.3, 0.4) is 0 Å². The fraction of sp³-hybridized carbons (Fsp3) is 0.364. The Hall–Kier alpha value is -2.82. The topological polar surface area (TPSA) is 66.8 Å². The number of carboxylic acids is 1. The molecule has 1 aliphatic carbocycles. The normalized spacial score (nSPS) is 13.8. The summed E-state index contributed by atoms with van der Waals surface area (Å²) in [5.74, 6) is -1.26. The lowest BCUT2D eigenvalue weighted by Crippen LogP contribution is -2.48. The number of ether oxygens (including phenoxy) is 1. The highest BCUT2D eigenvalue weighted by Crippen LogP contribution is 2.44. The number of amides is 1. The summed E-state index contributed by atoms with van der Waals surface area (Å²) >= 11 is 0. The molecule has 2 aromatic rings. The van der Waals surface area contributed by atoms with E-state index in [1.54, 1.807) is 20.8 Å². The van der Waals surface area contributed by atoms with E-state index in [9.17, 15) is 14.7 Å². The minimum absolute atomic E-state index is 0.0395. The van der Waals surface area contributed by atoms with Crippen molar-refractivity contribution in [2.75, 3.05) is 13.2 Å². The van der Waals surface area contributed by atoms with E-state index < -0.39 is 18.1 Å². The van der Waals surface area contributed by atoms with Gasteiger partial charge in [-0.2, -0.15) is 0 Å². The van der Waals surface area contributed by atoms with Crippen molar-refractivity contribution in [2.24, 2.45) is 5.92 Å². The molecule has 0 saturated heterocycles. The minimum Gasteiger partial charge on any atom is -0.480 e. The van der Waals surface area contributed by atoms with Gasteiger partial charge < -0.3 is 9.84 Å². The number of fused-ring (bicyclic) bond motifs is 3. The zero-order valence-electron chi connectivity index (χ0n) is 15.9.